The summed E-state index contributed by atoms with van der Waals surface area (Å²) in [4.78, 5) is 8.84. The molecule has 2 aromatic carbocycles. The van der Waals surface area contributed by atoms with Gasteiger partial charge < -0.3 is 16.8 Å². The fourth-order valence-electron chi connectivity index (χ4n) is 3.37. The average molecular weight is 509 g/mol. The van der Waals surface area contributed by atoms with E-state index in [1.54, 1.807) is 0 Å². The second kappa shape index (κ2) is 14.6. The van der Waals surface area contributed by atoms with Gasteiger partial charge in [-0.15, -0.1) is 24.8 Å². The fourth-order valence-corrected chi connectivity index (χ4v) is 3.49. The van der Waals surface area contributed by atoms with Crippen molar-refractivity contribution in [3.05, 3.63) is 70.4 Å². The number of fused-ring (bicyclic) bond motifs is 1. The first-order valence-corrected chi connectivity index (χ1v) is 11.0. The molecule has 1 heterocycles. The van der Waals surface area contributed by atoms with E-state index in [1.165, 1.54) is 5.56 Å². The van der Waals surface area contributed by atoms with Gasteiger partial charge in [0.25, 0.3) is 0 Å². The summed E-state index contributed by atoms with van der Waals surface area (Å²) in [5.41, 5.74) is 16.0. The molecule has 0 unspecified atom stereocenters. The summed E-state index contributed by atoms with van der Waals surface area (Å²) in [6.45, 7) is 3.72. The minimum absolute atomic E-state index is 0. The maximum Gasteiger partial charge on any atom is 0.185 e. The van der Waals surface area contributed by atoms with E-state index < -0.39 is 0 Å². The molecular formula is C25H32Cl3N5. The molecule has 0 fully saturated rings. The molecule has 0 aliphatic rings. The Morgan fingerprint density at radius 1 is 0.970 bits per heavy atom. The summed E-state index contributed by atoms with van der Waals surface area (Å²) in [6, 6.07) is 16.3. The van der Waals surface area contributed by atoms with Gasteiger partial charge in [-0.2, -0.15) is 0 Å². The number of rotatable bonds is 10. The van der Waals surface area contributed by atoms with Crippen LogP contribution in [-0.2, 0) is 0 Å². The molecule has 0 radical (unpaired) electrons. The van der Waals surface area contributed by atoms with Gasteiger partial charge in [0, 0.05) is 29.2 Å². The molecule has 0 aliphatic heterocycles. The predicted octanol–water partition coefficient (Wildman–Crippen LogP) is 6.46. The van der Waals surface area contributed by atoms with Crippen molar-refractivity contribution in [1.29, 1.82) is 0 Å². The average Bonchev–Trinajstić information content (AvgIpc) is 2.75. The molecule has 3 aromatic rings. The largest absolute Gasteiger partial charge is 0.384 e. The van der Waals surface area contributed by atoms with Crippen molar-refractivity contribution in [2.45, 2.75) is 32.6 Å². The molecule has 1 aromatic heterocycles. The van der Waals surface area contributed by atoms with Crippen LogP contribution in [0.3, 0.4) is 0 Å². The standard InChI is InChI=1S/C25H30ClN5.2ClH/c1-18-6-13-23-22(16-18)24(29-14-4-2-3-5-15-30-25(27)28)17-21(31-23)12-9-19-7-10-20(26)11-8-19;;/h6-13,16-17H,2-5,14-15H2,1H3,(H,29,31)(H4,27,28,30);2*1H/b12-9+;;. The van der Waals surface area contributed by atoms with E-state index >= 15 is 0 Å². The van der Waals surface area contributed by atoms with Crippen LogP contribution in [-0.4, -0.2) is 24.0 Å². The smallest absolute Gasteiger partial charge is 0.185 e. The third kappa shape index (κ3) is 9.50. The van der Waals surface area contributed by atoms with Crippen LogP contribution in [0, 0.1) is 6.92 Å². The van der Waals surface area contributed by atoms with E-state index in [9.17, 15) is 0 Å². The summed E-state index contributed by atoms with van der Waals surface area (Å²) in [6.07, 6.45) is 8.45. The summed E-state index contributed by atoms with van der Waals surface area (Å²) in [7, 11) is 0. The molecular weight excluding hydrogens is 477 g/mol. The lowest BCUT2D eigenvalue weighted by Gasteiger charge is -2.12. The topological polar surface area (TPSA) is 89.3 Å². The van der Waals surface area contributed by atoms with Gasteiger partial charge in [0.05, 0.1) is 11.2 Å². The van der Waals surface area contributed by atoms with E-state index in [1.807, 2.05) is 30.3 Å². The van der Waals surface area contributed by atoms with Gasteiger partial charge in [-0.25, -0.2) is 4.98 Å². The number of benzene rings is 2. The Balaban J connectivity index is 0.00000272. The highest BCUT2D eigenvalue weighted by atomic mass is 35.5. The number of hydrogen-bond donors (Lipinski definition) is 3. The molecule has 5 N–H and O–H groups in total. The number of anilines is 1. The van der Waals surface area contributed by atoms with E-state index in [0.29, 0.717) is 6.54 Å². The van der Waals surface area contributed by atoms with Crippen molar-refractivity contribution >= 4 is 71.1 Å². The number of nitrogens with zero attached hydrogens (tertiary/aromatic N) is 2. The quantitative estimate of drug-likeness (QED) is 0.167. The highest BCUT2D eigenvalue weighted by Gasteiger charge is 2.05. The molecule has 0 saturated carbocycles. The number of aryl methyl sites for hydroxylation is 1. The van der Waals surface area contributed by atoms with Gasteiger partial charge in [-0.05, 0) is 61.7 Å². The molecule has 0 aliphatic carbocycles. The Kier molecular flexibility index (Phi) is 12.7. The van der Waals surface area contributed by atoms with Gasteiger partial charge in [0.15, 0.2) is 5.96 Å². The maximum atomic E-state index is 5.98. The number of pyridine rings is 1. The number of nitrogens with one attached hydrogen (secondary N) is 1. The Hall–Kier alpha value is -2.47. The number of halogens is 3. The predicted molar refractivity (Wildman–Crippen MR) is 149 cm³/mol. The van der Waals surface area contributed by atoms with E-state index in [4.69, 9.17) is 28.1 Å². The second-order valence-electron chi connectivity index (χ2n) is 7.65. The first-order chi connectivity index (χ1) is 15.0. The zero-order chi connectivity index (χ0) is 22.1. The number of nitrogens with two attached hydrogens (primary N) is 2. The van der Waals surface area contributed by atoms with Crippen molar-refractivity contribution in [3.8, 4) is 0 Å². The minimum atomic E-state index is 0. The molecule has 0 bridgehead atoms. The van der Waals surface area contributed by atoms with Crippen LogP contribution in [0.25, 0.3) is 23.1 Å². The number of aromatic nitrogens is 1. The van der Waals surface area contributed by atoms with Gasteiger partial charge in [0.1, 0.15) is 0 Å². The SMILES string of the molecule is Cc1ccc2nc(/C=C/c3ccc(Cl)cc3)cc(NCCCCCCN=C(N)N)c2c1.Cl.Cl. The monoisotopic (exact) mass is 507 g/mol. The molecule has 5 nitrogen and oxygen atoms in total. The first kappa shape index (κ1) is 28.6. The van der Waals surface area contributed by atoms with Crippen molar-refractivity contribution < 1.29 is 0 Å². The zero-order valence-electron chi connectivity index (χ0n) is 18.8. The normalized spacial score (nSPS) is 10.5. The summed E-state index contributed by atoms with van der Waals surface area (Å²) >= 11 is 5.98. The third-order valence-corrected chi connectivity index (χ3v) is 5.25. The van der Waals surface area contributed by atoms with Crippen molar-refractivity contribution in [1.82, 2.24) is 4.98 Å². The summed E-state index contributed by atoms with van der Waals surface area (Å²) in [5, 5.41) is 5.50. The second-order valence-corrected chi connectivity index (χ2v) is 8.08. The van der Waals surface area contributed by atoms with Crippen LogP contribution in [0.4, 0.5) is 5.69 Å². The maximum absolute atomic E-state index is 5.98. The zero-order valence-corrected chi connectivity index (χ0v) is 21.1. The molecule has 3 rings (SSSR count). The highest BCUT2D eigenvalue weighted by Crippen LogP contribution is 2.25. The first-order valence-electron chi connectivity index (χ1n) is 10.7. The Labute approximate surface area is 213 Å². The van der Waals surface area contributed by atoms with Crippen LogP contribution < -0.4 is 16.8 Å². The molecule has 33 heavy (non-hydrogen) atoms. The van der Waals surface area contributed by atoms with Crippen LogP contribution in [0.2, 0.25) is 5.02 Å². The number of guanidine groups is 1. The number of aliphatic imine (C=N–C) groups is 1. The van der Waals surface area contributed by atoms with Gasteiger partial charge in [-0.1, -0.05) is 54.3 Å². The van der Waals surface area contributed by atoms with E-state index in [2.05, 4.69) is 47.6 Å². The van der Waals surface area contributed by atoms with Crippen LogP contribution >= 0.6 is 36.4 Å². The van der Waals surface area contributed by atoms with Crippen molar-refractivity contribution in [2.75, 3.05) is 18.4 Å². The fraction of sp³-hybridized carbons (Fsp3) is 0.280. The lowest BCUT2D eigenvalue weighted by atomic mass is 10.1. The third-order valence-electron chi connectivity index (χ3n) is 5.00. The van der Waals surface area contributed by atoms with E-state index in [0.717, 1.165) is 65.1 Å². The Bertz CT molecular complexity index is 1060. The molecule has 0 atom stereocenters. The lowest BCUT2D eigenvalue weighted by Crippen LogP contribution is -2.22. The van der Waals surface area contributed by atoms with Crippen molar-refractivity contribution in [2.24, 2.45) is 16.5 Å². The van der Waals surface area contributed by atoms with E-state index in [-0.39, 0.29) is 30.8 Å². The Morgan fingerprint density at radius 3 is 2.42 bits per heavy atom. The summed E-state index contributed by atoms with van der Waals surface area (Å²) in [5.74, 6) is 0.169. The molecule has 0 amide bonds. The molecule has 178 valence electrons. The van der Waals surface area contributed by atoms with Gasteiger partial charge in [-0.3, -0.25) is 4.99 Å². The van der Waals surface area contributed by atoms with Crippen LogP contribution in [0.5, 0.6) is 0 Å². The number of hydrogen-bond acceptors (Lipinski definition) is 3. The molecule has 0 spiro atoms. The van der Waals surface area contributed by atoms with Crippen LogP contribution in [0.1, 0.15) is 42.5 Å². The molecule has 0 saturated heterocycles. The number of unbranched alkanes of at least 4 members (excludes halogenated alkanes) is 3. The van der Waals surface area contributed by atoms with Gasteiger partial charge in [0.2, 0.25) is 0 Å². The minimum Gasteiger partial charge on any atom is -0.384 e. The lowest BCUT2D eigenvalue weighted by molar-refractivity contribution is 0.662. The molecule has 8 heteroatoms. The summed E-state index contributed by atoms with van der Waals surface area (Å²) < 4.78 is 0. The Morgan fingerprint density at radius 2 is 1.70 bits per heavy atom. The van der Waals surface area contributed by atoms with Crippen LogP contribution in [0.15, 0.2) is 53.5 Å². The van der Waals surface area contributed by atoms with Crippen molar-refractivity contribution in [3.63, 3.8) is 0 Å². The van der Waals surface area contributed by atoms with Gasteiger partial charge >= 0.3 is 0 Å². The highest BCUT2D eigenvalue weighted by molar-refractivity contribution is 6.30.